The molecule has 0 fully saturated rings. The lowest BCUT2D eigenvalue weighted by Crippen LogP contribution is -2.38. The van der Waals surface area contributed by atoms with Gasteiger partial charge in [-0.15, -0.1) is 0 Å². The molecule has 114 valence electrons. The zero-order chi connectivity index (χ0) is 15.5. The van der Waals surface area contributed by atoms with Crippen LogP contribution >= 0.6 is 11.6 Å². The molecule has 1 aromatic carbocycles. The molecule has 2 aromatic rings. The maximum atomic E-state index is 12.0. The molecule has 21 heavy (non-hydrogen) atoms. The number of benzene rings is 1. The smallest absolute Gasteiger partial charge is 0.215 e. The predicted octanol–water partition coefficient (Wildman–Crippen LogP) is 2.26. The topological polar surface area (TPSA) is 79.5 Å². The normalized spacial score (nSPS) is 14.8. The van der Waals surface area contributed by atoms with Crippen LogP contribution in [0.15, 0.2) is 47.1 Å². The van der Waals surface area contributed by atoms with E-state index < -0.39 is 15.6 Å². The Morgan fingerprint density at radius 3 is 2.52 bits per heavy atom. The number of rotatable bonds is 6. The van der Waals surface area contributed by atoms with Gasteiger partial charge in [0, 0.05) is 11.6 Å². The Hall–Kier alpha value is -1.34. The molecule has 1 atom stereocenters. The molecular formula is C14H16ClNO4S. The lowest BCUT2D eigenvalue weighted by molar-refractivity contribution is 0.0395. The number of hydrogen-bond donors (Lipinski definition) is 2. The summed E-state index contributed by atoms with van der Waals surface area (Å²) in [7, 11) is -3.57. The third-order valence-corrected chi connectivity index (χ3v) is 4.51. The molecule has 2 N–H and O–H groups in total. The molecule has 0 saturated carbocycles. The lowest BCUT2D eigenvalue weighted by Gasteiger charge is -2.21. The summed E-state index contributed by atoms with van der Waals surface area (Å²) in [5.74, 6) is 0.120. The summed E-state index contributed by atoms with van der Waals surface area (Å²) >= 11 is 5.75. The van der Waals surface area contributed by atoms with Crippen LogP contribution in [-0.4, -0.2) is 20.1 Å². The van der Waals surface area contributed by atoms with Crippen LogP contribution in [0.5, 0.6) is 0 Å². The molecule has 0 aliphatic carbocycles. The van der Waals surface area contributed by atoms with Crippen LogP contribution in [0.4, 0.5) is 0 Å². The van der Waals surface area contributed by atoms with Gasteiger partial charge in [-0.2, -0.15) is 0 Å². The van der Waals surface area contributed by atoms with Crippen LogP contribution in [0.1, 0.15) is 18.2 Å². The lowest BCUT2D eigenvalue weighted by atomic mass is 10.1. The fraction of sp³-hybridized carbons (Fsp3) is 0.286. The number of hydrogen-bond acceptors (Lipinski definition) is 4. The average molecular weight is 330 g/mol. The van der Waals surface area contributed by atoms with E-state index in [1.165, 1.54) is 13.2 Å². The van der Waals surface area contributed by atoms with Crippen molar-refractivity contribution in [2.24, 2.45) is 0 Å². The minimum Gasteiger partial charge on any atom is -0.466 e. The van der Waals surface area contributed by atoms with Crippen molar-refractivity contribution < 1.29 is 17.9 Å². The van der Waals surface area contributed by atoms with E-state index in [9.17, 15) is 13.5 Å². The van der Waals surface area contributed by atoms with Gasteiger partial charge in [-0.1, -0.05) is 23.7 Å². The van der Waals surface area contributed by atoms with Crippen molar-refractivity contribution in [3.63, 3.8) is 0 Å². The summed E-state index contributed by atoms with van der Waals surface area (Å²) in [5.41, 5.74) is -0.791. The van der Waals surface area contributed by atoms with Gasteiger partial charge in [0.1, 0.15) is 11.4 Å². The molecule has 0 bridgehead atoms. The summed E-state index contributed by atoms with van der Waals surface area (Å²) in [6.45, 7) is 1.31. The zero-order valence-electron chi connectivity index (χ0n) is 11.4. The van der Waals surface area contributed by atoms with E-state index in [0.29, 0.717) is 16.3 Å². The standard InChI is InChI=1S/C14H16ClNO4S/c1-14(17,13-3-2-8-20-13)10-16-21(18,19)9-11-4-6-12(15)7-5-11/h2-8,16-17H,9-10H2,1H3. The minimum atomic E-state index is -3.57. The van der Waals surface area contributed by atoms with Crippen LogP contribution < -0.4 is 4.72 Å². The second-order valence-electron chi connectivity index (χ2n) is 4.96. The van der Waals surface area contributed by atoms with Crippen molar-refractivity contribution in [3.05, 3.63) is 59.0 Å². The average Bonchev–Trinajstić information content (AvgIpc) is 2.94. The Morgan fingerprint density at radius 2 is 1.95 bits per heavy atom. The summed E-state index contributed by atoms with van der Waals surface area (Å²) in [6, 6.07) is 9.77. The van der Waals surface area contributed by atoms with Crippen molar-refractivity contribution in [2.45, 2.75) is 18.3 Å². The molecule has 1 heterocycles. The van der Waals surface area contributed by atoms with Crippen molar-refractivity contribution in [3.8, 4) is 0 Å². The number of sulfonamides is 1. The Balaban J connectivity index is 2.00. The van der Waals surface area contributed by atoms with Crippen LogP contribution in [0.3, 0.4) is 0 Å². The molecule has 7 heteroatoms. The second kappa shape index (κ2) is 6.19. The van der Waals surface area contributed by atoms with Gasteiger partial charge in [-0.05, 0) is 36.8 Å². The zero-order valence-corrected chi connectivity index (χ0v) is 13.0. The Kier molecular flexibility index (Phi) is 4.73. The first-order valence-corrected chi connectivity index (χ1v) is 8.30. The Bertz CT molecular complexity index is 678. The van der Waals surface area contributed by atoms with E-state index in [1.54, 1.807) is 36.4 Å². The van der Waals surface area contributed by atoms with Crippen molar-refractivity contribution in [2.75, 3.05) is 6.54 Å². The van der Waals surface area contributed by atoms with Gasteiger partial charge in [0.05, 0.1) is 12.0 Å². The minimum absolute atomic E-state index is 0.170. The van der Waals surface area contributed by atoms with Crippen molar-refractivity contribution in [1.82, 2.24) is 4.72 Å². The highest BCUT2D eigenvalue weighted by Crippen LogP contribution is 2.20. The Labute approximate surface area is 128 Å². The molecule has 0 spiro atoms. The third-order valence-electron chi connectivity index (χ3n) is 2.96. The van der Waals surface area contributed by atoms with Gasteiger partial charge in [0.2, 0.25) is 10.0 Å². The molecule has 0 amide bonds. The first-order valence-electron chi connectivity index (χ1n) is 6.27. The van der Waals surface area contributed by atoms with Gasteiger partial charge in [0.25, 0.3) is 0 Å². The molecular weight excluding hydrogens is 314 g/mol. The van der Waals surface area contributed by atoms with Crippen molar-refractivity contribution in [1.29, 1.82) is 0 Å². The summed E-state index contributed by atoms with van der Waals surface area (Å²) in [5, 5.41) is 10.7. The monoisotopic (exact) mass is 329 g/mol. The molecule has 0 aliphatic rings. The quantitative estimate of drug-likeness (QED) is 0.852. The maximum absolute atomic E-state index is 12.0. The molecule has 0 saturated heterocycles. The van der Waals surface area contributed by atoms with E-state index in [-0.39, 0.29) is 12.3 Å². The van der Waals surface area contributed by atoms with Crippen molar-refractivity contribution >= 4 is 21.6 Å². The van der Waals surface area contributed by atoms with E-state index >= 15 is 0 Å². The van der Waals surface area contributed by atoms with Crippen LogP contribution in [-0.2, 0) is 21.4 Å². The third kappa shape index (κ3) is 4.57. The molecule has 1 aromatic heterocycles. The molecule has 1 unspecified atom stereocenters. The van der Waals surface area contributed by atoms with Gasteiger partial charge in [0.15, 0.2) is 0 Å². The molecule has 2 rings (SSSR count). The number of aliphatic hydroxyl groups is 1. The molecule has 0 aliphatic heterocycles. The highest BCUT2D eigenvalue weighted by molar-refractivity contribution is 7.88. The highest BCUT2D eigenvalue weighted by Gasteiger charge is 2.28. The first kappa shape index (κ1) is 16.0. The fourth-order valence-electron chi connectivity index (χ4n) is 1.77. The van der Waals surface area contributed by atoms with Gasteiger partial charge in [-0.25, -0.2) is 13.1 Å². The van der Waals surface area contributed by atoms with E-state index in [0.717, 1.165) is 0 Å². The maximum Gasteiger partial charge on any atom is 0.215 e. The second-order valence-corrected chi connectivity index (χ2v) is 7.20. The van der Waals surface area contributed by atoms with Crippen LogP contribution in [0.2, 0.25) is 5.02 Å². The SMILES string of the molecule is CC(O)(CNS(=O)(=O)Cc1ccc(Cl)cc1)c1ccco1. The van der Waals surface area contributed by atoms with Crippen LogP contribution in [0, 0.1) is 0 Å². The predicted molar refractivity (Wildman–Crippen MR) is 80.4 cm³/mol. The van der Waals surface area contributed by atoms with Crippen LogP contribution in [0.25, 0.3) is 0 Å². The van der Waals surface area contributed by atoms with Gasteiger partial charge < -0.3 is 9.52 Å². The molecule has 0 radical (unpaired) electrons. The first-order chi connectivity index (χ1) is 9.78. The summed E-state index contributed by atoms with van der Waals surface area (Å²) in [4.78, 5) is 0. The fourth-order valence-corrected chi connectivity index (χ4v) is 3.13. The highest BCUT2D eigenvalue weighted by atomic mass is 35.5. The molecule has 5 nitrogen and oxygen atoms in total. The van der Waals surface area contributed by atoms with Gasteiger partial charge in [-0.3, -0.25) is 0 Å². The van der Waals surface area contributed by atoms with E-state index in [2.05, 4.69) is 4.72 Å². The van der Waals surface area contributed by atoms with Gasteiger partial charge >= 0.3 is 0 Å². The Morgan fingerprint density at radius 1 is 1.29 bits per heavy atom. The summed E-state index contributed by atoms with van der Waals surface area (Å²) < 4.78 is 31.5. The summed E-state index contributed by atoms with van der Waals surface area (Å²) in [6.07, 6.45) is 1.42. The van der Waals surface area contributed by atoms with E-state index in [4.69, 9.17) is 16.0 Å². The van der Waals surface area contributed by atoms with E-state index in [1.807, 2.05) is 0 Å². The largest absolute Gasteiger partial charge is 0.466 e. The number of halogens is 1. The number of nitrogens with one attached hydrogen (secondary N) is 1. The number of furan rings is 1.